The zero-order chi connectivity index (χ0) is 21.4. The molecule has 0 unspecified atom stereocenters. The number of aryl methyl sites for hydroxylation is 2. The van der Waals surface area contributed by atoms with Gasteiger partial charge < -0.3 is 9.97 Å². The SMILES string of the molecule is Cc1cccc2[nH]c3cc4c(=O)c5c(C)cc(S(=O)(=O)O)cc5[nH]c4cc3c(=O)c12. The smallest absolute Gasteiger partial charge is 0.294 e. The Balaban J connectivity index is 1.98. The van der Waals surface area contributed by atoms with Crippen molar-refractivity contribution >= 4 is 53.7 Å². The fourth-order valence-corrected chi connectivity index (χ4v) is 4.71. The molecule has 0 bridgehead atoms. The van der Waals surface area contributed by atoms with Gasteiger partial charge in [0.25, 0.3) is 10.1 Å². The van der Waals surface area contributed by atoms with Crippen LogP contribution in [0.4, 0.5) is 0 Å². The van der Waals surface area contributed by atoms with Crippen molar-refractivity contribution in [2.45, 2.75) is 18.7 Å². The van der Waals surface area contributed by atoms with Gasteiger partial charge in [-0.1, -0.05) is 12.1 Å². The molecule has 0 saturated carbocycles. The van der Waals surface area contributed by atoms with Crippen LogP contribution in [-0.4, -0.2) is 22.9 Å². The molecular weight excluding hydrogens is 404 g/mol. The lowest BCUT2D eigenvalue weighted by Crippen LogP contribution is -2.10. The van der Waals surface area contributed by atoms with Crippen molar-refractivity contribution in [3.63, 3.8) is 0 Å². The summed E-state index contributed by atoms with van der Waals surface area (Å²) in [6, 6.07) is 11.3. The summed E-state index contributed by atoms with van der Waals surface area (Å²) in [4.78, 5) is 32.3. The lowest BCUT2D eigenvalue weighted by Gasteiger charge is -2.10. The Kier molecular flexibility index (Phi) is 3.71. The number of H-pyrrole nitrogens is 2. The fraction of sp³-hybridized carbons (Fsp3) is 0.0909. The Morgan fingerprint density at radius 1 is 0.733 bits per heavy atom. The molecule has 0 fully saturated rings. The maximum absolute atomic E-state index is 13.2. The molecule has 2 aromatic heterocycles. The Hall–Kier alpha value is -3.49. The topological polar surface area (TPSA) is 120 Å². The summed E-state index contributed by atoms with van der Waals surface area (Å²) in [5.41, 5.74) is 2.74. The van der Waals surface area contributed by atoms with Gasteiger partial charge in [0.15, 0.2) is 10.9 Å². The van der Waals surface area contributed by atoms with Crippen LogP contribution in [0.2, 0.25) is 0 Å². The number of aromatic nitrogens is 2. The molecule has 5 rings (SSSR count). The Labute approximate surface area is 169 Å². The first-order valence-electron chi connectivity index (χ1n) is 9.18. The molecule has 150 valence electrons. The van der Waals surface area contributed by atoms with Crippen LogP contribution in [0, 0.1) is 13.8 Å². The van der Waals surface area contributed by atoms with Crippen LogP contribution in [0.15, 0.2) is 56.9 Å². The summed E-state index contributed by atoms with van der Waals surface area (Å²) in [7, 11) is -4.43. The zero-order valence-corrected chi connectivity index (χ0v) is 16.8. The summed E-state index contributed by atoms with van der Waals surface area (Å²) in [5, 5.41) is 1.70. The molecule has 0 spiro atoms. The van der Waals surface area contributed by atoms with Crippen LogP contribution in [0.25, 0.3) is 43.6 Å². The van der Waals surface area contributed by atoms with E-state index in [1.807, 2.05) is 25.1 Å². The molecule has 8 heteroatoms. The van der Waals surface area contributed by atoms with E-state index in [4.69, 9.17) is 0 Å². The van der Waals surface area contributed by atoms with Gasteiger partial charge in [0.05, 0.1) is 27.0 Å². The van der Waals surface area contributed by atoms with Gasteiger partial charge in [-0.25, -0.2) is 0 Å². The van der Waals surface area contributed by atoms with Crippen molar-refractivity contribution < 1.29 is 13.0 Å². The second kappa shape index (κ2) is 6.01. The van der Waals surface area contributed by atoms with Crippen molar-refractivity contribution in [3.8, 4) is 0 Å². The summed E-state index contributed by atoms with van der Waals surface area (Å²) in [5.74, 6) is 0. The third-order valence-electron chi connectivity index (χ3n) is 5.52. The van der Waals surface area contributed by atoms with Gasteiger partial charge in [-0.05, 0) is 55.3 Å². The van der Waals surface area contributed by atoms with Crippen molar-refractivity contribution in [3.05, 3.63) is 74.0 Å². The predicted molar refractivity (Wildman–Crippen MR) is 117 cm³/mol. The predicted octanol–water partition coefficient (Wildman–Crippen LogP) is 3.54. The van der Waals surface area contributed by atoms with Crippen molar-refractivity contribution in [1.82, 2.24) is 9.97 Å². The molecule has 0 aliphatic heterocycles. The van der Waals surface area contributed by atoms with Crippen molar-refractivity contribution in [2.75, 3.05) is 0 Å². The first-order valence-corrected chi connectivity index (χ1v) is 10.6. The monoisotopic (exact) mass is 420 g/mol. The quantitative estimate of drug-likeness (QED) is 0.283. The molecule has 0 atom stereocenters. The van der Waals surface area contributed by atoms with Crippen LogP contribution in [0.1, 0.15) is 11.1 Å². The zero-order valence-electron chi connectivity index (χ0n) is 16.0. The molecular formula is C22H16N2O5S. The average Bonchev–Trinajstić information content (AvgIpc) is 2.66. The van der Waals surface area contributed by atoms with E-state index in [2.05, 4.69) is 9.97 Å². The minimum Gasteiger partial charge on any atom is -0.354 e. The number of rotatable bonds is 1. The van der Waals surface area contributed by atoms with Gasteiger partial charge >= 0.3 is 0 Å². The molecule has 0 saturated heterocycles. The van der Waals surface area contributed by atoms with E-state index < -0.39 is 10.1 Å². The van der Waals surface area contributed by atoms with E-state index in [1.165, 1.54) is 12.1 Å². The molecule has 3 aromatic carbocycles. The number of pyridine rings is 2. The van der Waals surface area contributed by atoms with Gasteiger partial charge in [-0.3, -0.25) is 14.1 Å². The first kappa shape index (κ1) is 18.5. The minimum atomic E-state index is -4.43. The van der Waals surface area contributed by atoms with Crippen LogP contribution < -0.4 is 10.9 Å². The fourth-order valence-electron chi connectivity index (χ4n) is 4.12. The molecule has 0 amide bonds. The van der Waals surface area contributed by atoms with Gasteiger partial charge in [-0.2, -0.15) is 8.42 Å². The molecule has 0 aliphatic rings. The number of hydrogen-bond donors (Lipinski definition) is 3. The molecule has 0 aliphatic carbocycles. The molecule has 30 heavy (non-hydrogen) atoms. The van der Waals surface area contributed by atoms with Crippen molar-refractivity contribution in [2.24, 2.45) is 0 Å². The van der Waals surface area contributed by atoms with E-state index in [0.29, 0.717) is 43.7 Å². The molecule has 5 aromatic rings. The van der Waals surface area contributed by atoms with Crippen LogP contribution in [-0.2, 0) is 10.1 Å². The number of benzene rings is 3. The standard InChI is InChI=1S/C22H16N2O5S/c1-10-4-3-5-15-19(10)21(25)13-9-17-14(8-16(13)23-15)22(26)20-11(2)6-12(30(27,28)29)7-18(20)24-17/h3-9H,1-2H3,(H,23,25)(H,24,26)(H,27,28,29). The number of nitrogens with one attached hydrogen (secondary N) is 2. The van der Waals surface area contributed by atoms with Crippen LogP contribution in [0.5, 0.6) is 0 Å². The highest BCUT2D eigenvalue weighted by Gasteiger charge is 2.17. The second-order valence-corrected chi connectivity index (χ2v) is 8.91. The number of fused-ring (bicyclic) bond motifs is 4. The lowest BCUT2D eigenvalue weighted by molar-refractivity contribution is 0.483. The maximum Gasteiger partial charge on any atom is 0.294 e. The highest BCUT2D eigenvalue weighted by molar-refractivity contribution is 7.85. The van der Waals surface area contributed by atoms with Gasteiger partial charge in [-0.15, -0.1) is 0 Å². The molecule has 3 N–H and O–H groups in total. The largest absolute Gasteiger partial charge is 0.354 e. The first-order chi connectivity index (χ1) is 14.1. The third-order valence-corrected chi connectivity index (χ3v) is 6.35. The third kappa shape index (κ3) is 2.58. The summed E-state index contributed by atoms with van der Waals surface area (Å²) < 4.78 is 32.5. The van der Waals surface area contributed by atoms with E-state index >= 15 is 0 Å². The second-order valence-electron chi connectivity index (χ2n) is 7.49. The van der Waals surface area contributed by atoms with Crippen LogP contribution >= 0.6 is 0 Å². The maximum atomic E-state index is 13.2. The number of aromatic amines is 2. The lowest BCUT2D eigenvalue weighted by atomic mass is 10.0. The molecule has 2 heterocycles. The van der Waals surface area contributed by atoms with Gasteiger partial charge in [0.2, 0.25) is 0 Å². The Morgan fingerprint density at radius 2 is 1.30 bits per heavy atom. The minimum absolute atomic E-state index is 0.150. The van der Waals surface area contributed by atoms with E-state index in [1.54, 1.807) is 19.1 Å². The highest BCUT2D eigenvalue weighted by Crippen LogP contribution is 2.25. The Bertz CT molecular complexity index is 1780. The highest BCUT2D eigenvalue weighted by atomic mass is 32.2. The van der Waals surface area contributed by atoms with Crippen molar-refractivity contribution in [1.29, 1.82) is 0 Å². The molecule has 0 radical (unpaired) electrons. The normalized spacial score (nSPS) is 12.4. The summed E-state index contributed by atoms with van der Waals surface area (Å²) in [6.45, 7) is 3.47. The van der Waals surface area contributed by atoms with Gasteiger partial charge in [0.1, 0.15) is 0 Å². The summed E-state index contributed by atoms with van der Waals surface area (Å²) in [6.07, 6.45) is 0. The number of hydrogen-bond acceptors (Lipinski definition) is 4. The van der Waals surface area contributed by atoms with E-state index in [0.717, 1.165) is 5.56 Å². The van der Waals surface area contributed by atoms with E-state index in [-0.39, 0.29) is 21.3 Å². The molecule has 7 nitrogen and oxygen atoms in total. The van der Waals surface area contributed by atoms with Crippen LogP contribution in [0.3, 0.4) is 0 Å². The van der Waals surface area contributed by atoms with Gasteiger partial charge in [0, 0.05) is 21.5 Å². The Morgan fingerprint density at radius 3 is 1.90 bits per heavy atom. The average molecular weight is 420 g/mol. The van der Waals surface area contributed by atoms with E-state index in [9.17, 15) is 22.6 Å². The summed E-state index contributed by atoms with van der Waals surface area (Å²) >= 11 is 0.